The normalized spacial score (nSPS) is 22.2. The highest BCUT2D eigenvalue weighted by molar-refractivity contribution is 7.90. The van der Waals surface area contributed by atoms with Crippen LogP contribution >= 0.6 is 0 Å². The van der Waals surface area contributed by atoms with Gasteiger partial charge < -0.3 is 9.64 Å². The molecule has 0 bridgehead atoms. The van der Waals surface area contributed by atoms with Crippen LogP contribution in [0.15, 0.2) is 53.7 Å². The number of fused-ring (bicyclic) bond motifs is 1. The topological polar surface area (TPSA) is 58.5 Å². The highest BCUT2D eigenvalue weighted by atomic mass is 32.2. The van der Waals surface area contributed by atoms with Crippen molar-refractivity contribution >= 4 is 17.1 Å². The molecule has 172 valence electrons. The van der Waals surface area contributed by atoms with Crippen molar-refractivity contribution in [1.29, 1.82) is 0 Å². The molecule has 0 spiro atoms. The fourth-order valence-electron chi connectivity index (χ4n) is 4.64. The Labute approximate surface area is 195 Å². The minimum atomic E-state index is -0.852. The van der Waals surface area contributed by atoms with Gasteiger partial charge in [0.15, 0.2) is 33.5 Å². The van der Waals surface area contributed by atoms with E-state index in [4.69, 9.17) is 4.74 Å². The predicted octanol–water partition coefficient (Wildman–Crippen LogP) is 4.83. The smallest absolute Gasteiger partial charge is 0.225 e. The maximum absolute atomic E-state index is 14.7. The molecule has 33 heavy (non-hydrogen) atoms. The molecular weight excluding hydrogens is 444 g/mol. The molecule has 2 aliphatic rings. The largest absolute Gasteiger partial charge is 0.487 e. The van der Waals surface area contributed by atoms with Crippen molar-refractivity contribution in [3.63, 3.8) is 0 Å². The average molecular weight is 471 g/mol. The molecule has 3 aromatic rings. The monoisotopic (exact) mass is 470 g/mol. The van der Waals surface area contributed by atoms with Crippen molar-refractivity contribution in [2.45, 2.75) is 18.2 Å². The van der Waals surface area contributed by atoms with Crippen LogP contribution in [0, 0.1) is 29.4 Å². The molecule has 3 atom stereocenters. The predicted molar refractivity (Wildman–Crippen MR) is 126 cm³/mol. The minimum Gasteiger partial charge on any atom is -0.487 e. The van der Waals surface area contributed by atoms with Crippen LogP contribution in [0.2, 0.25) is 0 Å². The van der Waals surface area contributed by atoms with Crippen LogP contribution in [0.4, 0.5) is 14.7 Å². The van der Waals surface area contributed by atoms with Gasteiger partial charge >= 0.3 is 0 Å². The SMILES string of the molecule is CCc1cnc(N2CC3C(COc4c(F)cc(-c5ccc([S+](C)O)cc5)cc4F)C3C2)nc1. The summed E-state index contributed by atoms with van der Waals surface area (Å²) in [7, 11) is 0. The van der Waals surface area contributed by atoms with Gasteiger partial charge in [0, 0.05) is 31.4 Å². The number of benzene rings is 2. The summed E-state index contributed by atoms with van der Waals surface area (Å²) in [6, 6.07) is 9.62. The highest BCUT2D eigenvalue weighted by Crippen LogP contribution is 2.52. The summed E-state index contributed by atoms with van der Waals surface area (Å²) in [5.41, 5.74) is 2.23. The molecule has 0 amide bonds. The van der Waals surface area contributed by atoms with Crippen LogP contribution in [0.1, 0.15) is 12.5 Å². The van der Waals surface area contributed by atoms with Crippen molar-refractivity contribution < 1.29 is 18.1 Å². The zero-order chi connectivity index (χ0) is 23.1. The molecular formula is C25H26F2N3O2S+. The van der Waals surface area contributed by atoms with Gasteiger partial charge in [-0.3, -0.25) is 0 Å². The number of nitrogens with zero attached hydrogens (tertiary/aromatic N) is 3. The van der Waals surface area contributed by atoms with E-state index < -0.39 is 22.8 Å². The van der Waals surface area contributed by atoms with Gasteiger partial charge in [-0.05, 0) is 71.3 Å². The molecule has 1 N–H and O–H groups in total. The number of hydrogen-bond acceptors (Lipinski definition) is 5. The summed E-state index contributed by atoms with van der Waals surface area (Å²) in [4.78, 5) is 11.8. The molecule has 0 radical (unpaired) electrons. The number of piperidine rings is 1. The molecule has 2 fully saturated rings. The molecule has 2 heterocycles. The molecule has 2 aromatic carbocycles. The first-order valence-electron chi connectivity index (χ1n) is 11.1. The Morgan fingerprint density at radius 1 is 1.03 bits per heavy atom. The summed E-state index contributed by atoms with van der Waals surface area (Å²) >= 11 is -0.852. The van der Waals surface area contributed by atoms with Gasteiger partial charge in [-0.1, -0.05) is 6.92 Å². The van der Waals surface area contributed by atoms with Crippen molar-refractivity contribution in [2.24, 2.45) is 17.8 Å². The lowest BCUT2D eigenvalue weighted by Crippen LogP contribution is -2.27. The van der Waals surface area contributed by atoms with Gasteiger partial charge in [0.25, 0.3) is 0 Å². The van der Waals surface area contributed by atoms with Crippen LogP contribution in [-0.2, 0) is 17.6 Å². The second-order valence-electron chi connectivity index (χ2n) is 8.72. The van der Waals surface area contributed by atoms with Gasteiger partial charge in [-0.15, -0.1) is 0 Å². The average Bonchev–Trinajstić information content (AvgIpc) is 3.26. The van der Waals surface area contributed by atoms with E-state index in [-0.39, 0.29) is 5.75 Å². The molecule has 1 saturated carbocycles. The number of aryl methyl sites for hydroxylation is 1. The molecule has 1 aliphatic heterocycles. The number of ether oxygens (including phenoxy) is 1. The first-order valence-corrected chi connectivity index (χ1v) is 12.7. The molecule has 5 nitrogen and oxygen atoms in total. The van der Waals surface area contributed by atoms with Crippen LogP contribution in [0.25, 0.3) is 11.1 Å². The van der Waals surface area contributed by atoms with E-state index in [1.165, 1.54) is 12.1 Å². The quantitative estimate of drug-likeness (QED) is 0.502. The summed E-state index contributed by atoms with van der Waals surface area (Å²) in [5.74, 6) is 0.195. The lowest BCUT2D eigenvalue weighted by Gasteiger charge is -2.20. The fourth-order valence-corrected chi connectivity index (χ4v) is 5.17. The Kier molecular flexibility index (Phi) is 5.97. The lowest BCUT2D eigenvalue weighted by molar-refractivity contribution is 0.257. The summed E-state index contributed by atoms with van der Waals surface area (Å²) in [6.07, 6.45) is 6.34. The standard InChI is InChI=1S/C25H26F2N3O2S/c1-3-15-10-28-25(29-11-15)30-12-19-20(13-30)21(19)14-32-24-22(26)8-17(9-23(24)27)16-4-6-18(7-5-16)33(2)31/h4-11,19-21,31H,3,12-14H2,1-2H3/q+1. The van der Waals surface area contributed by atoms with E-state index in [1.807, 2.05) is 12.4 Å². The first kappa shape index (κ1) is 22.1. The third-order valence-electron chi connectivity index (χ3n) is 6.70. The number of hydrogen-bond donors (Lipinski definition) is 1. The van der Waals surface area contributed by atoms with E-state index >= 15 is 0 Å². The van der Waals surface area contributed by atoms with Crippen molar-refractivity contribution in [1.82, 2.24) is 9.97 Å². The van der Waals surface area contributed by atoms with E-state index in [9.17, 15) is 13.3 Å². The Hall–Kier alpha value is -2.71. The first-order chi connectivity index (χ1) is 15.9. The van der Waals surface area contributed by atoms with Gasteiger partial charge in [0.1, 0.15) is 6.26 Å². The Balaban J connectivity index is 1.19. The van der Waals surface area contributed by atoms with Crippen LogP contribution in [-0.4, -0.2) is 40.5 Å². The second kappa shape index (κ2) is 8.91. The summed E-state index contributed by atoms with van der Waals surface area (Å²) in [5, 5.41) is 0. The molecule has 8 heteroatoms. The Morgan fingerprint density at radius 2 is 1.64 bits per heavy atom. The van der Waals surface area contributed by atoms with E-state index in [2.05, 4.69) is 21.8 Å². The van der Waals surface area contributed by atoms with Gasteiger partial charge in [-0.25, -0.2) is 18.7 Å². The van der Waals surface area contributed by atoms with Gasteiger partial charge in [0.05, 0.1) is 6.61 Å². The zero-order valence-electron chi connectivity index (χ0n) is 18.5. The third-order valence-corrected chi connectivity index (χ3v) is 7.66. The van der Waals surface area contributed by atoms with Crippen molar-refractivity contribution in [3.8, 4) is 16.9 Å². The molecule has 1 saturated heterocycles. The second-order valence-corrected chi connectivity index (χ2v) is 10.2. The van der Waals surface area contributed by atoms with Crippen LogP contribution in [0.5, 0.6) is 5.75 Å². The maximum atomic E-state index is 14.7. The Bertz CT molecular complexity index is 1110. The van der Waals surface area contributed by atoms with E-state index in [0.717, 1.165) is 35.9 Å². The number of halogens is 2. The van der Waals surface area contributed by atoms with Crippen LogP contribution in [0.3, 0.4) is 0 Å². The van der Waals surface area contributed by atoms with Gasteiger partial charge in [-0.2, -0.15) is 4.55 Å². The molecule has 5 rings (SSSR count). The lowest BCUT2D eigenvalue weighted by atomic mass is 10.1. The number of rotatable bonds is 7. The van der Waals surface area contributed by atoms with E-state index in [0.29, 0.717) is 35.5 Å². The van der Waals surface area contributed by atoms with E-state index in [1.54, 1.807) is 30.5 Å². The molecule has 3 unspecified atom stereocenters. The molecule has 1 aromatic heterocycles. The summed E-state index contributed by atoms with van der Waals surface area (Å²) in [6.45, 7) is 4.06. The minimum absolute atomic E-state index is 0.295. The zero-order valence-corrected chi connectivity index (χ0v) is 19.4. The van der Waals surface area contributed by atoms with Crippen LogP contribution < -0.4 is 9.64 Å². The van der Waals surface area contributed by atoms with Gasteiger partial charge in [0.2, 0.25) is 5.95 Å². The van der Waals surface area contributed by atoms with Crippen molar-refractivity contribution in [2.75, 3.05) is 30.9 Å². The number of anilines is 1. The fraction of sp³-hybridized carbons (Fsp3) is 0.360. The number of aromatic nitrogens is 2. The molecule has 1 aliphatic carbocycles. The highest BCUT2D eigenvalue weighted by Gasteiger charge is 2.56. The van der Waals surface area contributed by atoms with Crippen molar-refractivity contribution in [3.05, 3.63) is 66.0 Å². The summed E-state index contributed by atoms with van der Waals surface area (Å²) < 4.78 is 44.6. The maximum Gasteiger partial charge on any atom is 0.225 e. The Morgan fingerprint density at radius 3 is 2.18 bits per heavy atom. The third kappa shape index (κ3) is 4.42.